The van der Waals surface area contributed by atoms with Crippen LogP contribution in [-0.2, 0) is 15.9 Å². The first kappa shape index (κ1) is 14.0. The minimum atomic E-state index is -0.0998. The lowest BCUT2D eigenvalue weighted by Gasteiger charge is -2.44. The van der Waals surface area contributed by atoms with Crippen molar-refractivity contribution in [3.63, 3.8) is 0 Å². The van der Waals surface area contributed by atoms with Gasteiger partial charge in [-0.3, -0.25) is 4.90 Å². The van der Waals surface area contributed by atoms with Gasteiger partial charge in [0, 0.05) is 13.7 Å². The van der Waals surface area contributed by atoms with Gasteiger partial charge in [-0.2, -0.15) is 0 Å². The van der Waals surface area contributed by atoms with Crippen molar-refractivity contribution in [3.05, 3.63) is 35.6 Å². The van der Waals surface area contributed by atoms with Crippen LogP contribution in [0.4, 0.5) is 4.39 Å². The van der Waals surface area contributed by atoms with Crippen molar-refractivity contribution in [1.29, 1.82) is 0 Å². The Hall–Kier alpha value is -0.970. The van der Waals surface area contributed by atoms with E-state index in [9.17, 15) is 4.39 Å². The zero-order valence-electron chi connectivity index (χ0n) is 11.9. The third-order valence-corrected chi connectivity index (χ3v) is 4.61. The highest BCUT2D eigenvalue weighted by Crippen LogP contribution is 2.27. The van der Waals surface area contributed by atoms with Crippen molar-refractivity contribution >= 4 is 0 Å². The summed E-state index contributed by atoms with van der Waals surface area (Å²) >= 11 is 0. The summed E-state index contributed by atoms with van der Waals surface area (Å²) in [6.45, 7) is 3.68. The van der Waals surface area contributed by atoms with Gasteiger partial charge < -0.3 is 9.47 Å². The molecule has 0 N–H and O–H groups in total. The molecule has 0 unspecified atom stereocenters. The fourth-order valence-corrected chi connectivity index (χ4v) is 3.20. The number of hydrogen-bond acceptors (Lipinski definition) is 3. The Kier molecular flexibility index (Phi) is 4.34. The zero-order valence-corrected chi connectivity index (χ0v) is 11.9. The molecule has 0 spiro atoms. The molecule has 2 saturated heterocycles. The molecular formula is C16H22FNO2. The molecule has 0 amide bonds. The fourth-order valence-electron chi connectivity index (χ4n) is 3.20. The highest BCUT2D eigenvalue weighted by molar-refractivity contribution is 5.18. The number of piperidine rings is 1. The first-order valence-corrected chi connectivity index (χ1v) is 7.36. The van der Waals surface area contributed by atoms with Crippen LogP contribution in [0.15, 0.2) is 24.3 Å². The summed E-state index contributed by atoms with van der Waals surface area (Å²) in [6, 6.07) is 7.63. The molecule has 0 saturated carbocycles. The summed E-state index contributed by atoms with van der Waals surface area (Å²) in [5, 5.41) is 0. The molecule has 2 fully saturated rings. The smallest absolute Gasteiger partial charge is 0.126 e. The van der Waals surface area contributed by atoms with Crippen LogP contribution in [0.1, 0.15) is 12.0 Å². The quantitative estimate of drug-likeness (QED) is 0.842. The van der Waals surface area contributed by atoms with Crippen LogP contribution in [0, 0.1) is 11.7 Å². The van der Waals surface area contributed by atoms with Crippen LogP contribution in [0.5, 0.6) is 0 Å². The Morgan fingerprint density at radius 2 is 2.15 bits per heavy atom. The van der Waals surface area contributed by atoms with E-state index in [-0.39, 0.29) is 11.9 Å². The average Bonchev–Trinajstić information content (AvgIpc) is 2.41. The maximum Gasteiger partial charge on any atom is 0.126 e. The van der Waals surface area contributed by atoms with E-state index in [1.54, 1.807) is 13.2 Å². The third-order valence-electron chi connectivity index (χ3n) is 4.61. The van der Waals surface area contributed by atoms with E-state index in [1.165, 1.54) is 6.07 Å². The molecule has 0 aromatic heterocycles. The number of ether oxygens (including phenoxy) is 2. The van der Waals surface area contributed by atoms with Crippen LogP contribution in [-0.4, -0.2) is 50.5 Å². The van der Waals surface area contributed by atoms with Gasteiger partial charge in [-0.1, -0.05) is 18.2 Å². The second-order valence-corrected chi connectivity index (χ2v) is 5.80. The van der Waals surface area contributed by atoms with Gasteiger partial charge >= 0.3 is 0 Å². The first-order valence-electron chi connectivity index (χ1n) is 7.36. The van der Waals surface area contributed by atoms with E-state index in [0.717, 1.165) is 44.7 Å². The number of halogens is 1. The van der Waals surface area contributed by atoms with Gasteiger partial charge in [0.2, 0.25) is 0 Å². The standard InChI is InChI=1S/C16H22FNO2/c1-19-16-9-18(14-10-20-11-14)7-6-13(16)8-12-4-2-3-5-15(12)17/h2-5,13-14,16H,6-11H2,1H3/t13-,16+/m1/s1. The van der Waals surface area contributed by atoms with E-state index in [0.29, 0.717) is 12.0 Å². The number of rotatable bonds is 4. The van der Waals surface area contributed by atoms with Crippen molar-refractivity contribution < 1.29 is 13.9 Å². The Morgan fingerprint density at radius 3 is 2.80 bits per heavy atom. The predicted molar refractivity (Wildman–Crippen MR) is 75.2 cm³/mol. The van der Waals surface area contributed by atoms with Crippen LogP contribution >= 0.6 is 0 Å². The summed E-state index contributed by atoms with van der Waals surface area (Å²) in [5.74, 6) is 0.298. The number of methoxy groups -OCH3 is 1. The molecule has 3 nitrogen and oxygen atoms in total. The summed E-state index contributed by atoms with van der Waals surface area (Å²) < 4.78 is 24.7. The Bertz CT molecular complexity index is 450. The maximum absolute atomic E-state index is 13.8. The van der Waals surface area contributed by atoms with Gasteiger partial charge in [0.25, 0.3) is 0 Å². The van der Waals surface area contributed by atoms with E-state index in [2.05, 4.69) is 4.90 Å². The summed E-state index contributed by atoms with van der Waals surface area (Å²) in [7, 11) is 1.76. The highest BCUT2D eigenvalue weighted by Gasteiger charge is 2.35. The van der Waals surface area contributed by atoms with Crippen molar-refractivity contribution in [2.45, 2.75) is 25.0 Å². The van der Waals surface area contributed by atoms with E-state index in [4.69, 9.17) is 9.47 Å². The molecule has 0 bridgehead atoms. The molecular weight excluding hydrogens is 257 g/mol. The Labute approximate surface area is 119 Å². The van der Waals surface area contributed by atoms with Crippen molar-refractivity contribution in [2.24, 2.45) is 5.92 Å². The topological polar surface area (TPSA) is 21.7 Å². The molecule has 2 aliphatic heterocycles. The van der Waals surface area contributed by atoms with Gasteiger partial charge in [0.1, 0.15) is 5.82 Å². The van der Waals surface area contributed by atoms with E-state index in [1.807, 2.05) is 12.1 Å². The normalized spacial score (nSPS) is 28.3. The van der Waals surface area contributed by atoms with Crippen molar-refractivity contribution in [3.8, 4) is 0 Å². The minimum Gasteiger partial charge on any atom is -0.380 e. The number of benzene rings is 1. The highest BCUT2D eigenvalue weighted by atomic mass is 19.1. The van der Waals surface area contributed by atoms with Gasteiger partial charge in [0.15, 0.2) is 0 Å². The molecule has 1 aromatic rings. The van der Waals surface area contributed by atoms with Crippen molar-refractivity contribution in [1.82, 2.24) is 4.90 Å². The molecule has 2 aliphatic rings. The molecule has 1 aromatic carbocycles. The lowest BCUT2D eigenvalue weighted by Crippen LogP contribution is -2.56. The molecule has 4 heteroatoms. The molecule has 2 heterocycles. The Morgan fingerprint density at radius 1 is 1.35 bits per heavy atom. The minimum absolute atomic E-state index is 0.0998. The molecule has 110 valence electrons. The SMILES string of the molecule is CO[C@H]1CN(C2COC2)CC[C@@H]1Cc1ccccc1F. The number of nitrogens with zero attached hydrogens (tertiary/aromatic N) is 1. The van der Waals surface area contributed by atoms with E-state index < -0.39 is 0 Å². The fraction of sp³-hybridized carbons (Fsp3) is 0.625. The van der Waals surface area contributed by atoms with Crippen LogP contribution < -0.4 is 0 Å². The van der Waals surface area contributed by atoms with Gasteiger partial charge in [-0.15, -0.1) is 0 Å². The maximum atomic E-state index is 13.8. The monoisotopic (exact) mass is 279 g/mol. The van der Waals surface area contributed by atoms with Crippen LogP contribution in [0.25, 0.3) is 0 Å². The van der Waals surface area contributed by atoms with Gasteiger partial charge in [-0.05, 0) is 36.9 Å². The zero-order chi connectivity index (χ0) is 13.9. The molecule has 2 atom stereocenters. The molecule has 3 rings (SSSR count). The van der Waals surface area contributed by atoms with Crippen molar-refractivity contribution in [2.75, 3.05) is 33.4 Å². The first-order chi connectivity index (χ1) is 9.78. The van der Waals surface area contributed by atoms with Crippen LogP contribution in [0.2, 0.25) is 0 Å². The summed E-state index contributed by atoms with van der Waals surface area (Å²) in [5.41, 5.74) is 0.806. The average molecular weight is 279 g/mol. The second kappa shape index (κ2) is 6.20. The molecule has 0 aliphatic carbocycles. The Balaban J connectivity index is 1.63. The summed E-state index contributed by atoms with van der Waals surface area (Å²) in [4.78, 5) is 2.45. The van der Waals surface area contributed by atoms with Gasteiger partial charge in [0.05, 0.1) is 25.4 Å². The van der Waals surface area contributed by atoms with Crippen LogP contribution in [0.3, 0.4) is 0 Å². The third kappa shape index (κ3) is 2.87. The summed E-state index contributed by atoms with van der Waals surface area (Å²) in [6.07, 6.45) is 2.01. The lowest BCUT2D eigenvalue weighted by molar-refractivity contribution is -0.102. The lowest BCUT2D eigenvalue weighted by atomic mass is 9.87. The molecule has 20 heavy (non-hydrogen) atoms. The number of likely N-dealkylation sites (tertiary alicyclic amines) is 1. The number of hydrogen-bond donors (Lipinski definition) is 0. The molecule has 0 radical (unpaired) electrons. The van der Waals surface area contributed by atoms with Gasteiger partial charge in [-0.25, -0.2) is 4.39 Å². The largest absolute Gasteiger partial charge is 0.380 e. The predicted octanol–water partition coefficient (Wildman–Crippen LogP) is 2.10. The van der Waals surface area contributed by atoms with E-state index >= 15 is 0 Å². The second-order valence-electron chi connectivity index (χ2n) is 5.80.